The lowest BCUT2D eigenvalue weighted by Crippen LogP contribution is -2.48. The van der Waals surface area contributed by atoms with E-state index in [2.05, 4.69) is 52.0 Å². The van der Waals surface area contributed by atoms with Crippen molar-refractivity contribution in [3.05, 3.63) is 54.6 Å². The molecule has 0 amide bonds. The highest BCUT2D eigenvalue weighted by Gasteiger charge is 2.21. The Hall–Kier alpha value is -3.58. The van der Waals surface area contributed by atoms with Crippen LogP contribution < -0.4 is 9.64 Å². The second-order valence-corrected chi connectivity index (χ2v) is 8.71. The average Bonchev–Trinajstić information content (AvgIpc) is 3.27. The van der Waals surface area contributed by atoms with Crippen LogP contribution in [0.25, 0.3) is 33.5 Å². The molecule has 3 heterocycles. The summed E-state index contributed by atoms with van der Waals surface area (Å²) in [6.45, 7) is 8.67. The minimum atomic E-state index is 0.237. The van der Waals surface area contributed by atoms with Gasteiger partial charge in [0.15, 0.2) is 5.65 Å². The third kappa shape index (κ3) is 4.12. The molecule has 170 valence electrons. The van der Waals surface area contributed by atoms with Crippen molar-refractivity contribution >= 4 is 16.7 Å². The minimum Gasteiger partial charge on any atom is -0.508 e. The number of nitrogens with one attached hydrogen (secondary N) is 1. The Labute approximate surface area is 193 Å². The third-order valence-corrected chi connectivity index (χ3v) is 6.44. The van der Waals surface area contributed by atoms with Gasteiger partial charge < -0.3 is 14.7 Å². The molecule has 2 aromatic carbocycles. The van der Waals surface area contributed by atoms with Crippen molar-refractivity contribution in [1.29, 1.82) is 0 Å². The predicted octanol–water partition coefficient (Wildman–Crippen LogP) is 4.54. The Morgan fingerprint density at radius 3 is 2.42 bits per heavy atom. The van der Waals surface area contributed by atoms with Crippen LogP contribution in [-0.4, -0.2) is 64.5 Å². The van der Waals surface area contributed by atoms with E-state index in [4.69, 9.17) is 9.72 Å². The van der Waals surface area contributed by atoms with Crippen LogP contribution in [0.3, 0.4) is 0 Å². The highest BCUT2D eigenvalue weighted by molar-refractivity contribution is 5.94. The van der Waals surface area contributed by atoms with Gasteiger partial charge in [0.25, 0.3) is 0 Å². The normalized spacial score (nSPS) is 14.8. The van der Waals surface area contributed by atoms with Crippen molar-refractivity contribution in [2.75, 3.05) is 38.2 Å². The maximum Gasteiger partial charge on any atom is 0.156 e. The third-order valence-electron chi connectivity index (χ3n) is 6.44. The number of pyridine rings is 1. The van der Waals surface area contributed by atoms with Gasteiger partial charge in [-0.2, -0.15) is 5.10 Å². The molecule has 0 atom stereocenters. The highest BCUT2D eigenvalue weighted by atomic mass is 16.5. The number of fused-ring (bicyclic) bond motifs is 1. The molecule has 2 aromatic heterocycles. The fourth-order valence-corrected chi connectivity index (χ4v) is 4.47. The number of phenolic OH excluding ortho intramolecular Hbond substituents is 1. The van der Waals surface area contributed by atoms with Crippen LogP contribution in [0, 0.1) is 0 Å². The number of aromatic hydroxyl groups is 1. The van der Waals surface area contributed by atoms with E-state index >= 15 is 0 Å². The first-order valence-electron chi connectivity index (χ1n) is 11.4. The summed E-state index contributed by atoms with van der Waals surface area (Å²) in [6, 6.07) is 18.0. The molecule has 4 aromatic rings. The van der Waals surface area contributed by atoms with E-state index in [0.717, 1.165) is 59.8 Å². The summed E-state index contributed by atoms with van der Waals surface area (Å²) in [6.07, 6.45) is 0. The summed E-state index contributed by atoms with van der Waals surface area (Å²) in [5.74, 6) is 1.04. The average molecular weight is 444 g/mol. The Kier molecular flexibility index (Phi) is 5.64. The van der Waals surface area contributed by atoms with E-state index in [1.165, 1.54) is 5.69 Å². The highest BCUT2D eigenvalue weighted by Crippen LogP contribution is 2.36. The van der Waals surface area contributed by atoms with Gasteiger partial charge in [0.1, 0.15) is 17.2 Å². The molecule has 2 N–H and O–H groups in total. The number of nitrogens with zero attached hydrogens (tertiary/aromatic N) is 4. The van der Waals surface area contributed by atoms with Crippen molar-refractivity contribution in [2.24, 2.45) is 0 Å². The number of H-pyrrole nitrogens is 1. The van der Waals surface area contributed by atoms with Crippen molar-refractivity contribution in [3.63, 3.8) is 0 Å². The Morgan fingerprint density at radius 2 is 1.73 bits per heavy atom. The number of aromatic amines is 1. The van der Waals surface area contributed by atoms with Crippen LogP contribution in [0.4, 0.5) is 5.69 Å². The van der Waals surface area contributed by atoms with Gasteiger partial charge in [-0.25, -0.2) is 4.98 Å². The number of methoxy groups -OCH3 is 1. The number of anilines is 1. The molecule has 7 nitrogen and oxygen atoms in total. The largest absolute Gasteiger partial charge is 0.508 e. The maximum absolute atomic E-state index is 9.54. The molecule has 33 heavy (non-hydrogen) atoms. The molecule has 7 heteroatoms. The lowest BCUT2D eigenvalue weighted by molar-refractivity contribution is 0.209. The first-order chi connectivity index (χ1) is 16.0. The van der Waals surface area contributed by atoms with E-state index in [1.807, 2.05) is 24.3 Å². The zero-order valence-corrected chi connectivity index (χ0v) is 19.2. The van der Waals surface area contributed by atoms with Gasteiger partial charge in [0.2, 0.25) is 0 Å². The lowest BCUT2D eigenvalue weighted by atomic mass is 10.1. The summed E-state index contributed by atoms with van der Waals surface area (Å²) in [7, 11) is 1.70. The van der Waals surface area contributed by atoms with Crippen LogP contribution >= 0.6 is 0 Å². The van der Waals surface area contributed by atoms with Gasteiger partial charge in [0.05, 0.1) is 12.8 Å². The van der Waals surface area contributed by atoms with Crippen LogP contribution in [0.1, 0.15) is 13.8 Å². The number of hydrogen-bond acceptors (Lipinski definition) is 6. The monoisotopic (exact) mass is 443 g/mol. The van der Waals surface area contributed by atoms with E-state index in [0.29, 0.717) is 11.7 Å². The van der Waals surface area contributed by atoms with Crippen molar-refractivity contribution < 1.29 is 9.84 Å². The molecule has 1 fully saturated rings. The zero-order chi connectivity index (χ0) is 22.9. The smallest absolute Gasteiger partial charge is 0.156 e. The molecule has 5 rings (SSSR count). The van der Waals surface area contributed by atoms with Crippen molar-refractivity contribution in [3.8, 4) is 34.0 Å². The van der Waals surface area contributed by atoms with Crippen LogP contribution in [0.15, 0.2) is 54.6 Å². The topological polar surface area (TPSA) is 77.5 Å². The van der Waals surface area contributed by atoms with Crippen LogP contribution in [-0.2, 0) is 0 Å². The molecular weight excluding hydrogens is 414 g/mol. The molecule has 1 aliphatic heterocycles. The number of rotatable bonds is 5. The Morgan fingerprint density at radius 1 is 0.970 bits per heavy atom. The van der Waals surface area contributed by atoms with E-state index < -0.39 is 0 Å². The minimum absolute atomic E-state index is 0.237. The van der Waals surface area contributed by atoms with Crippen LogP contribution in [0.2, 0.25) is 0 Å². The summed E-state index contributed by atoms with van der Waals surface area (Å²) >= 11 is 0. The number of piperazine rings is 1. The molecule has 1 saturated heterocycles. The molecule has 0 radical (unpaired) electrons. The Balaban J connectivity index is 1.44. The number of hydrogen-bond donors (Lipinski definition) is 2. The molecule has 0 aliphatic carbocycles. The van der Waals surface area contributed by atoms with Gasteiger partial charge in [-0.1, -0.05) is 0 Å². The van der Waals surface area contributed by atoms with Gasteiger partial charge in [-0.3, -0.25) is 10.00 Å². The first-order valence-corrected chi connectivity index (χ1v) is 11.4. The Bertz CT molecular complexity index is 1260. The molecule has 0 unspecified atom stereocenters. The van der Waals surface area contributed by atoms with Gasteiger partial charge in [0, 0.05) is 60.5 Å². The summed E-state index contributed by atoms with van der Waals surface area (Å²) in [5.41, 5.74) is 5.40. The van der Waals surface area contributed by atoms with Crippen molar-refractivity contribution in [2.45, 2.75) is 19.9 Å². The second kappa shape index (κ2) is 8.75. The van der Waals surface area contributed by atoms with Crippen LogP contribution in [0.5, 0.6) is 11.5 Å². The quantitative estimate of drug-likeness (QED) is 0.472. The summed E-state index contributed by atoms with van der Waals surface area (Å²) in [4.78, 5) is 9.66. The van der Waals surface area contributed by atoms with E-state index in [9.17, 15) is 5.11 Å². The first kappa shape index (κ1) is 21.3. The number of ether oxygens (including phenoxy) is 1. The standard InChI is InChI=1S/C26H29N5O2/c1-17(2)30-12-14-31(15-13-30)19-6-9-21(24(16-19)33-3)25-22-10-11-23(27-26(22)29-28-25)18-4-7-20(32)8-5-18/h4-11,16-17,32H,12-15H2,1-3H3,(H,27,28,29). The summed E-state index contributed by atoms with van der Waals surface area (Å²) in [5, 5.41) is 18.1. The number of benzene rings is 2. The molecule has 0 spiro atoms. The van der Waals surface area contributed by atoms with E-state index in [-0.39, 0.29) is 5.75 Å². The van der Waals surface area contributed by atoms with Gasteiger partial charge in [-0.05, 0) is 62.4 Å². The fraction of sp³-hybridized carbons (Fsp3) is 0.308. The SMILES string of the molecule is COc1cc(N2CCN(C(C)C)CC2)ccc1-c1n[nH]c2nc(-c3ccc(O)cc3)ccc12. The van der Waals surface area contributed by atoms with E-state index in [1.54, 1.807) is 19.2 Å². The van der Waals surface area contributed by atoms with Gasteiger partial charge >= 0.3 is 0 Å². The fourth-order valence-electron chi connectivity index (χ4n) is 4.47. The lowest BCUT2D eigenvalue weighted by Gasteiger charge is -2.38. The molecular formula is C26H29N5O2. The second-order valence-electron chi connectivity index (χ2n) is 8.71. The zero-order valence-electron chi connectivity index (χ0n) is 19.2. The molecule has 1 aliphatic rings. The summed E-state index contributed by atoms with van der Waals surface area (Å²) < 4.78 is 5.78. The maximum atomic E-state index is 9.54. The number of aromatic nitrogens is 3. The molecule has 0 bridgehead atoms. The number of phenols is 1. The van der Waals surface area contributed by atoms with Gasteiger partial charge in [-0.15, -0.1) is 0 Å². The molecule has 0 saturated carbocycles. The predicted molar refractivity (Wildman–Crippen MR) is 132 cm³/mol. The van der Waals surface area contributed by atoms with Crippen molar-refractivity contribution in [1.82, 2.24) is 20.1 Å².